The van der Waals surface area contributed by atoms with Crippen LogP contribution < -0.4 is 0 Å². The first kappa shape index (κ1) is 74.5. The van der Waals surface area contributed by atoms with Crippen molar-refractivity contribution in [2.75, 3.05) is 13.2 Å². The van der Waals surface area contributed by atoms with E-state index >= 15 is 0 Å². The van der Waals surface area contributed by atoms with Crippen LogP contribution in [0.15, 0.2) is 134 Å². The van der Waals surface area contributed by atoms with Crippen LogP contribution in [-0.2, 0) is 28.6 Å². The summed E-state index contributed by atoms with van der Waals surface area (Å²) in [6, 6.07) is 0. The van der Waals surface area contributed by atoms with E-state index in [0.29, 0.717) is 19.3 Å². The maximum atomic E-state index is 12.9. The van der Waals surface area contributed by atoms with Crippen molar-refractivity contribution in [2.45, 2.75) is 297 Å². The van der Waals surface area contributed by atoms with E-state index in [4.69, 9.17) is 14.2 Å². The predicted molar refractivity (Wildman–Crippen MR) is 343 cm³/mol. The second kappa shape index (κ2) is 66.1. The van der Waals surface area contributed by atoms with Gasteiger partial charge in [0.25, 0.3) is 0 Å². The van der Waals surface area contributed by atoms with E-state index in [2.05, 4.69) is 154 Å². The summed E-state index contributed by atoms with van der Waals surface area (Å²) in [6.07, 6.45) is 93.2. The van der Waals surface area contributed by atoms with Gasteiger partial charge >= 0.3 is 17.9 Å². The van der Waals surface area contributed by atoms with E-state index in [-0.39, 0.29) is 31.1 Å². The molecule has 0 spiro atoms. The number of carbonyl (C=O) groups is 3. The van der Waals surface area contributed by atoms with E-state index < -0.39 is 6.10 Å². The summed E-state index contributed by atoms with van der Waals surface area (Å²) in [6.45, 7) is 6.28. The molecule has 0 aromatic rings. The number of hydrogen-bond acceptors (Lipinski definition) is 6. The first-order valence-electron chi connectivity index (χ1n) is 32.7. The highest BCUT2D eigenvalue weighted by Crippen LogP contribution is 2.16. The maximum Gasteiger partial charge on any atom is 0.306 e. The number of esters is 3. The zero-order chi connectivity index (χ0) is 57.1. The molecule has 6 heteroatoms. The molecule has 0 aliphatic heterocycles. The van der Waals surface area contributed by atoms with Gasteiger partial charge in [0, 0.05) is 19.3 Å². The molecule has 448 valence electrons. The van der Waals surface area contributed by atoms with Gasteiger partial charge in [-0.2, -0.15) is 0 Å². The zero-order valence-corrected chi connectivity index (χ0v) is 51.3. The van der Waals surface area contributed by atoms with Crippen LogP contribution >= 0.6 is 0 Å². The second-order valence-corrected chi connectivity index (χ2v) is 21.2. The van der Waals surface area contributed by atoms with Crippen LogP contribution in [-0.4, -0.2) is 37.2 Å². The molecule has 0 aliphatic rings. The molecule has 0 amide bonds. The van der Waals surface area contributed by atoms with Gasteiger partial charge in [-0.25, -0.2) is 0 Å². The van der Waals surface area contributed by atoms with E-state index in [9.17, 15) is 14.4 Å². The lowest BCUT2D eigenvalue weighted by atomic mass is 10.0. The Balaban J connectivity index is 4.33. The lowest BCUT2D eigenvalue weighted by molar-refractivity contribution is -0.167. The van der Waals surface area contributed by atoms with Crippen LogP contribution in [0.3, 0.4) is 0 Å². The molecule has 79 heavy (non-hydrogen) atoms. The van der Waals surface area contributed by atoms with Crippen LogP contribution in [0.2, 0.25) is 0 Å². The Morgan fingerprint density at radius 2 is 0.456 bits per heavy atom. The van der Waals surface area contributed by atoms with Crippen molar-refractivity contribution in [3.05, 3.63) is 134 Å². The zero-order valence-electron chi connectivity index (χ0n) is 51.3. The fraction of sp³-hybridized carbons (Fsp3) is 0.658. The van der Waals surface area contributed by atoms with Crippen molar-refractivity contribution in [3.8, 4) is 0 Å². The molecule has 0 saturated heterocycles. The second-order valence-electron chi connectivity index (χ2n) is 21.2. The molecule has 0 aromatic carbocycles. The van der Waals surface area contributed by atoms with Crippen LogP contribution in [0.25, 0.3) is 0 Å². The number of ether oxygens (including phenoxy) is 3. The van der Waals surface area contributed by atoms with Gasteiger partial charge in [0.05, 0.1) is 0 Å². The van der Waals surface area contributed by atoms with Gasteiger partial charge in [-0.05, 0) is 128 Å². The van der Waals surface area contributed by atoms with Crippen LogP contribution in [0.5, 0.6) is 0 Å². The molecule has 0 fully saturated rings. The van der Waals surface area contributed by atoms with Gasteiger partial charge in [-0.15, -0.1) is 0 Å². The van der Waals surface area contributed by atoms with Crippen molar-refractivity contribution >= 4 is 17.9 Å². The smallest absolute Gasteiger partial charge is 0.306 e. The molecule has 0 radical (unpaired) electrons. The first-order valence-corrected chi connectivity index (χ1v) is 32.7. The number of unbranched alkanes of at least 4 members (excludes halogenated alkanes) is 25. The summed E-state index contributed by atoms with van der Waals surface area (Å²) in [5, 5.41) is 0. The molecule has 0 rings (SSSR count). The Morgan fingerprint density at radius 3 is 0.722 bits per heavy atom. The Hall–Kier alpha value is -4.45. The average molecular weight is 1090 g/mol. The first-order chi connectivity index (χ1) is 39.0. The molecule has 0 N–H and O–H groups in total. The van der Waals surface area contributed by atoms with Crippen LogP contribution in [0, 0.1) is 0 Å². The fourth-order valence-electron chi connectivity index (χ4n) is 8.85. The number of allylic oxidation sites excluding steroid dienone is 22. The van der Waals surface area contributed by atoms with Gasteiger partial charge in [-0.1, -0.05) is 276 Å². The highest BCUT2D eigenvalue weighted by Gasteiger charge is 2.19. The van der Waals surface area contributed by atoms with Crippen LogP contribution in [0.1, 0.15) is 290 Å². The maximum absolute atomic E-state index is 12.9. The normalized spacial score (nSPS) is 13.0. The topological polar surface area (TPSA) is 78.9 Å². The predicted octanol–water partition coefficient (Wildman–Crippen LogP) is 22.5. The summed E-state index contributed by atoms with van der Waals surface area (Å²) in [5.74, 6) is -0.929. The van der Waals surface area contributed by atoms with E-state index in [1.165, 1.54) is 109 Å². The van der Waals surface area contributed by atoms with Crippen molar-refractivity contribution in [2.24, 2.45) is 0 Å². The van der Waals surface area contributed by atoms with Crippen molar-refractivity contribution in [3.63, 3.8) is 0 Å². The lowest BCUT2D eigenvalue weighted by Crippen LogP contribution is -2.30. The number of rotatable bonds is 58. The van der Waals surface area contributed by atoms with Crippen LogP contribution in [0.4, 0.5) is 0 Å². The minimum Gasteiger partial charge on any atom is -0.462 e. The van der Waals surface area contributed by atoms with E-state index in [1.54, 1.807) is 0 Å². The van der Waals surface area contributed by atoms with Gasteiger partial charge in [0.1, 0.15) is 13.2 Å². The summed E-state index contributed by atoms with van der Waals surface area (Å²) in [4.78, 5) is 38.3. The van der Waals surface area contributed by atoms with Gasteiger partial charge in [0.2, 0.25) is 0 Å². The molecule has 0 heterocycles. The third-order valence-electron chi connectivity index (χ3n) is 13.6. The minimum atomic E-state index is -0.800. The summed E-state index contributed by atoms with van der Waals surface area (Å²) in [7, 11) is 0. The Kier molecular flexibility index (Phi) is 62.3. The van der Waals surface area contributed by atoms with E-state index in [0.717, 1.165) is 141 Å². The molecule has 0 bridgehead atoms. The van der Waals surface area contributed by atoms with Crippen molar-refractivity contribution < 1.29 is 28.6 Å². The molecule has 0 saturated carbocycles. The average Bonchev–Trinajstić information content (AvgIpc) is 3.45. The molecule has 0 aromatic heterocycles. The minimum absolute atomic E-state index is 0.0935. The molecule has 6 nitrogen and oxygen atoms in total. The van der Waals surface area contributed by atoms with Crippen molar-refractivity contribution in [1.29, 1.82) is 0 Å². The molecule has 1 atom stereocenters. The SMILES string of the molecule is CC/C=C\C/C=C\C/C=C\C/C=C\CCCCCCCCCCCCCCCCC(=O)OCC(COC(=O)CCCCC/C=C\C/C=C\C/C=C\CC)OC(=O)CCCCCCCCCC/C=C\C/C=C\C/C=C\C/C=C\CC. The van der Waals surface area contributed by atoms with Crippen molar-refractivity contribution in [1.82, 2.24) is 0 Å². The number of hydrogen-bond donors (Lipinski definition) is 0. The standard InChI is InChI=1S/C73H120O6/c1-4-7-10-13-16-19-22-25-27-29-31-33-34-35-36-37-38-40-41-43-45-48-51-54-57-60-63-66-72(75)78-69-70(68-77-71(74)65-62-59-56-53-50-47-24-21-18-15-12-9-6-3)79-73(76)67-64-61-58-55-52-49-46-44-42-39-32-30-28-26-23-20-17-14-11-8-5-2/h7-12,16-21,25-28,31-33,39,47,50,70H,4-6,13-15,22-24,29-30,34-38,40-46,48-49,51-69H2,1-3H3/b10-7-,11-8-,12-9-,19-16-,20-17-,21-18-,27-25-,28-26-,33-31-,39-32-,50-47-. The highest BCUT2D eigenvalue weighted by molar-refractivity contribution is 5.71. The van der Waals surface area contributed by atoms with Gasteiger partial charge in [-0.3, -0.25) is 14.4 Å². The number of carbonyl (C=O) groups excluding carboxylic acids is 3. The Bertz CT molecular complexity index is 1680. The molecular weight excluding hydrogens is 973 g/mol. The molecule has 0 aliphatic carbocycles. The summed E-state index contributed by atoms with van der Waals surface area (Å²) in [5.41, 5.74) is 0. The van der Waals surface area contributed by atoms with Gasteiger partial charge < -0.3 is 14.2 Å². The Morgan fingerprint density at radius 1 is 0.253 bits per heavy atom. The monoisotopic (exact) mass is 1090 g/mol. The Labute approximate surface area is 487 Å². The van der Waals surface area contributed by atoms with E-state index in [1.807, 2.05) is 0 Å². The quantitative estimate of drug-likeness (QED) is 0.0261. The largest absolute Gasteiger partial charge is 0.462 e. The third-order valence-corrected chi connectivity index (χ3v) is 13.6. The highest BCUT2D eigenvalue weighted by atomic mass is 16.6. The third kappa shape index (κ3) is 64.3. The van der Waals surface area contributed by atoms with Gasteiger partial charge in [0.15, 0.2) is 6.10 Å². The molecule has 1 unspecified atom stereocenters. The lowest BCUT2D eigenvalue weighted by Gasteiger charge is -2.18. The summed E-state index contributed by atoms with van der Waals surface area (Å²) >= 11 is 0. The molecular formula is C73H120O6. The fourth-order valence-corrected chi connectivity index (χ4v) is 8.85. The summed E-state index contributed by atoms with van der Waals surface area (Å²) < 4.78 is 16.9.